The minimum Gasteiger partial charge on any atom is -0.496 e. The van der Waals surface area contributed by atoms with E-state index >= 15 is 0 Å². The van der Waals surface area contributed by atoms with E-state index in [-0.39, 0.29) is 5.60 Å². The minimum atomic E-state index is -0.159. The first-order valence-corrected chi connectivity index (χ1v) is 14.6. The summed E-state index contributed by atoms with van der Waals surface area (Å²) in [5, 5.41) is 9.10. The molecule has 1 N–H and O–H groups in total. The van der Waals surface area contributed by atoms with Crippen molar-refractivity contribution in [1.82, 2.24) is 20.0 Å². The highest BCUT2D eigenvalue weighted by Gasteiger charge is 2.31. The molecule has 0 amide bonds. The largest absolute Gasteiger partial charge is 0.496 e. The van der Waals surface area contributed by atoms with E-state index in [1.807, 2.05) is 13.8 Å². The molecular weight excluding hydrogens is 510 g/mol. The van der Waals surface area contributed by atoms with Crippen molar-refractivity contribution in [3.05, 3.63) is 63.1 Å². The average Bonchev–Trinajstić information content (AvgIpc) is 3.44. The van der Waals surface area contributed by atoms with E-state index in [1.165, 1.54) is 27.0 Å². The first kappa shape index (κ1) is 26.2. The normalized spacial score (nSPS) is 17.9. The summed E-state index contributed by atoms with van der Waals surface area (Å²) >= 11 is 1.74. The lowest BCUT2D eigenvalue weighted by molar-refractivity contribution is -0.0379. The summed E-state index contributed by atoms with van der Waals surface area (Å²) in [4.78, 5) is 14.2. The number of piperidine rings is 1. The molecule has 0 bridgehead atoms. The smallest absolute Gasteiger partial charge is 0.138 e. The van der Waals surface area contributed by atoms with Crippen molar-refractivity contribution >= 4 is 27.4 Å². The van der Waals surface area contributed by atoms with Gasteiger partial charge < -0.3 is 19.3 Å². The Bertz CT molecular complexity index is 1470. The van der Waals surface area contributed by atoms with Crippen LogP contribution in [0.25, 0.3) is 10.2 Å². The van der Waals surface area contributed by atoms with Crippen LogP contribution in [0.3, 0.4) is 0 Å². The number of anilines is 1. The zero-order valence-electron chi connectivity index (χ0n) is 23.5. The molecule has 0 radical (unpaired) electrons. The highest BCUT2D eigenvalue weighted by molar-refractivity contribution is 7.18. The number of hydrogen-bond donors (Lipinski definition) is 1. The second kappa shape index (κ2) is 10.5. The summed E-state index contributed by atoms with van der Waals surface area (Å²) in [7, 11) is 1.73. The van der Waals surface area contributed by atoms with Gasteiger partial charge in [-0.1, -0.05) is 17.3 Å². The maximum atomic E-state index is 6.05. The molecule has 39 heavy (non-hydrogen) atoms. The second-order valence-corrected chi connectivity index (χ2v) is 12.5. The average molecular weight is 548 g/mol. The summed E-state index contributed by atoms with van der Waals surface area (Å²) in [6.07, 6.45) is 5.50. The Hall–Kier alpha value is -3.01. The molecule has 3 aromatic heterocycles. The lowest BCUT2D eigenvalue weighted by atomic mass is 9.94. The molecule has 4 aromatic rings. The van der Waals surface area contributed by atoms with Gasteiger partial charge in [-0.05, 0) is 63.3 Å². The van der Waals surface area contributed by atoms with E-state index in [9.17, 15) is 0 Å². The molecule has 9 heteroatoms. The van der Waals surface area contributed by atoms with Gasteiger partial charge in [-0.3, -0.25) is 4.90 Å². The highest BCUT2D eigenvalue weighted by Crippen LogP contribution is 2.41. The van der Waals surface area contributed by atoms with Gasteiger partial charge in [-0.25, -0.2) is 9.97 Å². The fourth-order valence-electron chi connectivity index (χ4n) is 5.89. The van der Waals surface area contributed by atoms with Crippen molar-refractivity contribution in [3.8, 4) is 5.75 Å². The number of fused-ring (bicyclic) bond motifs is 3. The SMILES string of the molecule is COc1ccc(CN2CCC(Nc3ncnc4sc5c(c34)CC(C)(C)OC5)CC2)cc1Cc1c(C)noc1C. The molecule has 1 fully saturated rings. The van der Waals surface area contributed by atoms with Gasteiger partial charge >= 0.3 is 0 Å². The van der Waals surface area contributed by atoms with Gasteiger partial charge in [0.25, 0.3) is 0 Å². The summed E-state index contributed by atoms with van der Waals surface area (Å²) in [5.74, 6) is 2.76. The number of ether oxygens (including phenoxy) is 2. The molecule has 0 saturated carbocycles. The van der Waals surface area contributed by atoms with Gasteiger partial charge in [0.05, 0.1) is 30.4 Å². The van der Waals surface area contributed by atoms with Crippen LogP contribution >= 0.6 is 11.3 Å². The van der Waals surface area contributed by atoms with Crippen LogP contribution in [0.1, 0.15) is 65.3 Å². The number of rotatable bonds is 7. The molecule has 0 atom stereocenters. The first-order chi connectivity index (χ1) is 18.8. The topological polar surface area (TPSA) is 85.5 Å². The number of benzene rings is 1. The summed E-state index contributed by atoms with van der Waals surface area (Å²) in [5.41, 5.74) is 5.75. The van der Waals surface area contributed by atoms with Crippen LogP contribution in [0, 0.1) is 13.8 Å². The van der Waals surface area contributed by atoms with Gasteiger partial charge in [0.15, 0.2) is 0 Å². The van der Waals surface area contributed by atoms with E-state index in [1.54, 1.807) is 24.8 Å². The monoisotopic (exact) mass is 547 g/mol. The van der Waals surface area contributed by atoms with E-state index in [4.69, 9.17) is 19.0 Å². The Kier molecular flexibility index (Phi) is 7.07. The molecule has 6 rings (SSSR count). The summed E-state index contributed by atoms with van der Waals surface area (Å²) in [6.45, 7) is 12.0. The van der Waals surface area contributed by atoms with Gasteiger partial charge in [0, 0.05) is 49.0 Å². The molecule has 206 valence electrons. The second-order valence-electron chi connectivity index (χ2n) is 11.5. The minimum absolute atomic E-state index is 0.159. The quantitative estimate of drug-likeness (QED) is 0.310. The lowest BCUT2D eigenvalue weighted by Gasteiger charge is -2.33. The van der Waals surface area contributed by atoms with E-state index in [2.05, 4.69) is 52.4 Å². The Balaban J connectivity index is 1.12. The standard InChI is InChI=1S/C30H37N5O3S/c1-18-23(19(2)38-34-18)13-21-12-20(6-7-25(21)36-5)15-35-10-8-22(9-11-35)33-28-27-24-14-30(3,4)37-16-26(24)39-29(27)32-17-31-28/h6-7,12,17,22H,8-11,13-16H2,1-5H3,(H,31,32,33). The third-order valence-corrected chi connectivity index (χ3v) is 9.21. The number of aryl methyl sites for hydroxylation is 2. The molecular formula is C30H37N5O3S. The number of methoxy groups -OCH3 is 1. The van der Waals surface area contributed by atoms with Crippen molar-refractivity contribution < 1.29 is 14.0 Å². The Morgan fingerprint density at radius 1 is 1.18 bits per heavy atom. The van der Waals surface area contributed by atoms with Crippen LogP contribution in [-0.4, -0.2) is 51.9 Å². The van der Waals surface area contributed by atoms with Crippen molar-refractivity contribution in [1.29, 1.82) is 0 Å². The molecule has 2 aliphatic rings. The van der Waals surface area contributed by atoms with Crippen molar-refractivity contribution in [2.24, 2.45) is 0 Å². The molecule has 0 aliphatic carbocycles. The van der Waals surface area contributed by atoms with Crippen molar-refractivity contribution in [3.63, 3.8) is 0 Å². The lowest BCUT2D eigenvalue weighted by Crippen LogP contribution is -2.38. The Morgan fingerprint density at radius 3 is 2.74 bits per heavy atom. The number of nitrogens with zero attached hydrogens (tertiary/aromatic N) is 4. The van der Waals surface area contributed by atoms with Crippen molar-refractivity contribution in [2.45, 2.75) is 78.2 Å². The van der Waals surface area contributed by atoms with E-state index in [0.717, 1.165) is 78.7 Å². The zero-order valence-corrected chi connectivity index (χ0v) is 24.3. The molecule has 2 aliphatic heterocycles. The molecule has 8 nitrogen and oxygen atoms in total. The summed E-state index contributed by atoms with van der Waals surface area (Å²) in [6, 6.07) is 6.94. The van der Waals surface area contributed by atoms with Crippen LogP contribution in [0.2, 0.25) is 0 Å². The third-order valence-electron chi connectivity index (χ3n) is 8.10. The van der Waals surface area contributed by atoms with Crippen LogP contribution in [-0.2, 0) is 30.7 Å². The first-order valence-electron chi connectivity index (χ1n) is 13.8. The number of likely N-dealkylation sites (tertiary alicyclic amines) is 1. The number of thiophene rings is 1. The molecule has 5 heterocycles. The molecule has 0 unspecified atom stereocenters. The fourth-order valence-corrected chi connectivity index (χ4v) is 6.96. The molecule has 1 aromatic carbocycles. The molecule has 0 spiro atoms. The highest BCUT2D eigenvalue weighted by atomic mass is 32.1. The Morgan fingerprint density at radius 2 is 2.00 bits per heavy atom. The zero-order chi connectivity index (χ0) is 27.1. The van der Waals surface area contributed by atoms with Crippen LogP contribution < -0.4 is 10.1 Å². The van der Waals surface area contributed by atoms with Gasteiger partial charge in [0.2, 0.25) is 0 Å². The third kappa shape index (κ3) is 5.40. The van der Waals surface area contributed by atoms with Gasteiger partial charge in [-0.2, -0.15) is 0 Å². The van der Waals surface area contributed by atoms with Gasteiger partial charge in [-0.15, -0.1) is 11.3 Å². The summed E-state index contributed by atoms with van der Waals surface area (Å²) < 4.78 is 17.1. The molecule has 1 saturated heterocycles. The number of nitrogens with one attached hydrogen (secondary N) is 1. The van der Waals surface area contributed by atoms with Crippen molar-refractivity contribution in [2.75, 3.05) is 25.5 Å². The van der Waals surface area contributed by atoms with Crippen LogP contribution in [0.5, 0.6) is 5.75 Å². The Labute approximate surface area is 233 Å². The number of hydrogen-bond acceptors (Lipinski definition) is 9. The van der Waals surface area contributed by atoms with Crippen LogP contribution in [0.15, 0.2) is 29.0 Å². The maximum absolute atomic E-state index is 6.05. The fraction of sp³-hybridized carbons (Fsp3) is 0.500. The van der Waals surface area contributed by atoms with Crippen LogP contribution in [0.4, 0.5) is 5.82 Å². The number of aromatic nitrogens is 3. The van der Waals surface area contributed by atoms with E-state index < -0.39 is 0 Å². The predicted octanol–water partition coefficient (Wildman–Crippen LogP) is 5.82. The maximum Gasteiger partial charge on any atom is 0.138 e. The van der Waals surface area contributed by atoms with Gasteiger partial charge in [0.1, 0.15) is 28.5 Å². The van der Waals surface area contributed by atoms with E-state index in [0.29, 0.717) is 12.6 Å². The predicted molar refractivity (Wildman–Crippen MR) is 154 cm³/mol.